The van der Waals surface area contributed by atoms with Gasteiger partial charge in [0, 0.05) is 25.2 Å². The number of anilines is 1. The van der Waals surface area contributed by atoms with Crippen molar-refractivity contribution in [2.45, 2.75) is 13.5 Å². The summed E-state index contributed by atoms with van der Waals surface area (Å²) in [5, 5.41) is 2.83. The van der Waals surface area contributed by atoms with E-state index < -0.39 is 0 Å². The molecule has 6 heteroatoms. The van der Waals surface area contributed by atoms with Gasteiger partial charge in [0.05, 0.1) is 0 Å². The minimum absolute atomic E-state index is 0.0538. The van der Waals surface area contributed by atoms with Crippen molar-refractivity contribution in [2.75, 3.05) is 24.7 Å². The van der Waals surface area contributed by atoms with Crippen molar-refractivity contribution < 1.29 is 19.1 Å². The van der Waals surface area contributed by atoms with Crippen molar-refractivity contribution in [1.82, 2.24) is 5.32 Å². The van der Waals surface area contributed by atoms with Crippen molar-refractivity contribution in [3.05, 3.63) is 54.1 Å². The van der Waals surface area contributed by atoms with E-state index in [-0.39, 0.29) is 18.4 Å². The van der Waals surface area contributed by atoms with Gasteiger partial charge in [0.15, 0.2) is 11.5 Å². The van der Waals surface area contributed by atoms with E-state index >= 15 is 0 Å². The van der Waals surface area contributed by atoms with Crippen molar-refractivity contribution in [3.63, 3.8) is 0 Å². The van der Waals surface area contributed by atoms with Crippen LogP contribution in [0.25, 0.3) is 0 Å². The molecule has 25 heavy (non-hydrogen) atoms. The molecule has 2 amide bonds. The smallest absolute Gasteiger partial charge is 0.240 e. The lowest BCUT2D eigenvalue weighted by Crippen LogP contribution is -2.39. The third-order valence-corrected chi connectivity index (χ3v) is 3.85. The van der Waals surface area contributed by atoms with Crippen LogP contribution in [0.2, 0.25) is 0 Å². The maximum Gasteiger partial charge on any atom is 0.240 e. The fraction of sp³-hybridized carbons (Fsp3) is 0.263. The quantitative estimate of drug-likeness (QED) is 0.905. The Morgan fingerprint density at radius 2 is 1.76 bits per heavy atom. The molecule has 2 aromatic carbocycles. The normalized spacial score (nSPS) is 12.4. The topological polar surface area (TPSA) is 67.9 Å². The van der Waals surface area contributed by atoms with Gasteiger partial charge in [-0.2, -0.15) is 0 Å². The molecule has 0 spiro atoms. The lowest BCUT2D eigenvalue weighted by Gasteiger charge is -2.24. The molecule has 1 aliphatic rings. The highest BCUT2D eigenvalue weighted by atomic mass is 16.6. The zero-order valence-electron chi connectivity index (χ0n) is 14.0. The Morgan fingerprint density at radius 1 is 1.04 bits per heavy atom. The summed E-state index contributed by atoms with van der Waals surface area (Å²) in [6.07, 6.45) is 0. The Labute approximate surface area is 146 Å². The highest BCUT2D eigenvalue weighted by Gasteiger charge is 2.19. The third kappa shape index (κ3) is 4.29. The SMILES string of the molecule is CC(=O)N(CC(=O)NCc1ccccc1)c1ccc2c(c1)OCCO2. The van der Waals surface area contributed by atoms with E-state index in [1.165, 1.54) is 11.8 Å². The standard InChI is InChI=1S/C19H20N2O4/c1-14(22)21(13-19(23)20-12-15-5-3-2-4-6-15)16-7-8-17-18(11-16)25-10-9-24-17/h2-8,11H,9-10,12-13H2,1H3,(H,20,23). The van der Waals surface area contributed by atoms with Gasteiger partial charge in [0.2, 0.25) is 11.8 Å². The molecule has 0 radical (unpaired) electrons. The summed E-state index contributed by atoms with van der Waals surface area (Å²) in [6.45, 7) is 2.77. The largest absolute Gasteiger partial charge is 0.486 e. The van der Waals surface area contributed by atoms with E-state index in [1.807, 2.05) is 30.3 Å². The van der Waals surface area contributed by atoms with E-state index in [0.717, 1.165) is 5.56 Å². The third-order valence-electron chi connectivity index (χ3n) is 3.85. The second-order valence-corrected chi connectivity index (χ2v) is 5.70. The molecule has 0 unspecified atom stereocenters. The number of fused-ring (bicyclic) bond motifs is 1. The van der Waals surface area contributed by atoms with Gasteiger partial charge in [-0.3, -0.25) is 9.59 Å². The molecule has 0 aromatic heterocycles. The predicted octanol–water partition coefficient (Wildman–Crippen LogP) is 2.13. The van der Waals surface area contributed by atoms with Gasteiger partial charge in [-0.25, -0.2) is 0 Å². The number of nitrogens with zero attached hydrogens (tertiary/aromatic N) is 1. The highest BCUT2D eigenvalue weighted by molar-refractivity contribution is 5.97. The van der Waals surface area contributed by atoms with Crippen LogP contribution in [0.1, 0.15) is 12.5 Å². The summed E-state index contributed by atoms with van der Waals surface area (Å²) in [6, 6.07) is 14.8. The number of amides is 2. The summed E-state index contributed by atoms with van der Waals surface area (Å²) >= 11 is 0. The number of hydrogen-bond acceptors (Lipinski definition) is 4. The monoisotopic (exact) mass is 340 g/mol. The highest BCUT2D eigenvalue weighted by Crippen LogP contribution is 2.34. The fourth-order valence-corrected chi connectivity index (χ4v) is 2.58. The summed E-state index contributed by atoms with van der Waals surface area (Å²) in [7, 11) is 0. The second-order valence-electron chi connectivity index (χ2n) is 5.70. The fourth-order valence-electron chi connectivity index (χ4n) is 2.58. The molecule has 0 saturated carbocycles. The van der Waals surface area contributed by atoms with E-state index in [0.29, 0.717) is 36.9 Å². The lowest BCUT2D eigenvalue weighted by molar-refractivity contribution is -0.123. The molecule has 0 bridgehead atoms. The molecule has 1 aliphatic heterocycles. The van der Waals surface area contributed by atoms with Gasteiger partial charge in [0.25, 0.3) is 0 Å². The minimum Gasteiger partial charge on any atom is -0.486 e. The minimum atomic E-state index is -0.228. The van der Waals surface area contributed by atoms with Crippen LogP contribution in [0.15, 0.2) is 48.5 Å². The van der Waals surface area contributed by atoms with Crippen molar-refractivity contribution in [2.24, 2.45) is 0 Å². The summed E-state index contributed by atoms with van der Waals surface area (Å²) in [5.74, 6) is 0.784. The molecular formula is C19H20N2O4. The Bertz CT molecular complexity index is 761. The number of carbonyl (C=O) groups excluding carboxylic acids is 2. The van der Waals surface area contributed by atoms with Crippen molar-refractivity contribution in [1.29, 1.82) is 0 Å². The first kappa shape index (κ1) is 16.8. The maximum atomic E-state index is 12.2. The number of carbonyl (C=O) groups is 2. The van der Waals surface area contributed by atoms with E-state index in [9.17, 15) is 9.59 Å². The van der Waals surface area contributed by atoms with E-state index in [1.54, 1.807) is 18.2 Å². The Balaban J connectivity index is 1.67. The summed E-state index contributed by atoms with van der Waals surface area (Å²) in [4.78, 5) is 25.6. The van der Waals surface area contributed by atoms with E-state index in [2.05, 4.69) is 5.32 Å². The van der Waals surface area contributed by atoms with Crippen LogP contribution in [-0.4, -0.2) is 31.6 Å². The van der Waals surface area contributed by atoms with Gasteiger partial charge < -0.3 is 19.7 Å². The van der Waals surface area contributed by atoms with Gasteiger partial charge in [-0.1, -0.05) is 30.3 Å². The molecule has 6 nitrogen and oxygen atoms in total. The first-order valence-corrected chi connectivity index (χ1v) is 8.12. The molecule has 0 saturated heterocycles. The van der Waals surface area contributed by atoms with E-state index in [4.69, 9.17) is 9.47 Å². The van der Waals surface area contributed by atoms with Gasteiger partial charge in [0.1, 0.15) is 19.8 Å². The van der Waals surface area contributed by atoms with Crippen molar-refractivity contribution in [3.8, 4) is 11.5 Å². The zero-order chi connectivity index (χ0) is 17.6. The molecule has 130 valence electrons. The zero-order valence-corrected chi connectivity index (χ0v) is 14.0. The first-order chi connectivity index (χ1) is 12.1. The molecule has 1 heterocycles. The maximum absolute atomic E-state index is 12.2. The van der Waals surface area contributed by atoms with Crippen molar-refractivity contribution >= 4 is 17.5 Å². The van der Waals surface area contributed by atoms with Crippen LogP contribution >= 0.6 is 0 Å². The molecule has 3 rings (SSSR count). The van der Waals surface area contributed by atoms with Gasteiger partial charge in [-0.15, -0.1) is 0 Å². The number of hydrogen-bond donors (Lipinski definition) is 1. The summed E-state index contributed by atoms with van der Waals surface area (Å²) in [5.41, 5.74) is 1.61. The van der Waals surface area contributed by atoms with Crippen LogP contribution in [0.4, 0.5) is 5.69 Å². The number of nitrogens with one attached hydrogen (secondary N) is 1. The first-order valence-electron chi connectivity index (χ1n) is 8.12. The van der Waals surface area contributed by atoms with Crippen LogP contribution in [0.3, 0.4) is 0 Å². The lowest BCUT2D eigenvalue weighted by atomic mass is 10.2. The van der Waals surface area contributed by atoms with Crippen LogP contribution in [0.5, 0.6) is 11.5 Å². The Morgan fingerprint density at radius 3 is 2.48 bits per heavy atom. The van der Waals surface area contributed by atoms with Crippen LogP contribution in [0, 0.1) is 0 Å². The number of rotatable bonds is 5. The second kappa shape index (κ2) is 7.70. The summed E-state index contributed by atoms with van der Waals surface area (Å²) < 4.78 is 11.0. The predicted molar refractivity (Wildman–Crippen MR) is 93.7 cm³/mol. The Kier molecular flexibility index (Phi) is 5.18. The molecule has 2 aromatic rings. The average molecular weight is 340 g/mol. The van der Waals surface area contributed by atoms with Crippen LogP contribution in [-0.2, 0) is 16.1 Å². The molecular weight excluding hydrogens is 320 g/mol. The molecule has 0 atom stereocenters. The number of benzene rings is 2. The van der Waals surface area contributed by atoms with Gasteiger partial charge in [-0.05, 0) is 17.7 Å². The van der Waals surface area contributed by atoms with Crippen LogP contribution < -0.4 is 19.7 Å². The molecule has 0 aliphatic carbocycles. The number of ether oxygens (including phenoxy) is 2. The Hall–Kier alpha value is -3.02. The van der Waals surface area contributed by atoms with Gasteiger partial charge >= 0.3 is 0 Å². The molecule has 0 fully saturated rings. The molecule has 1 N–H and O–H groups in total. The average Bonchev–Trinajstić information content (AvgIpc) is 2.64.